The molecule has 0 amide bonds. The van der Waals surface area contributed by atoms with Crippen LogP contribution in [0.15, 0.2) is 58.5 Å². The summed E-state index contributed by atoms with van der Waals surface area (Å²) in [4.78, 5) is 5.30. The Balaban J connectivity index is 2.01. The molecule has 0 saturated heterocycles. The first kappa shape index (κ1) is 12.6. The maximum atomic E-state index is 13.1. The lowest BCUT2D eigenvalue weighted by atomic mass is 10.2. The first-order chi connectivity index (χ1) is 9.28. The second-order valence-electron chi connectivity index (χ2n) is 4.19. The van der Waals surface area contributed by atoms with Crippen molar-refractivity contribution >= 4 is 34.3 Å². The predicted molar refractivity (Wildman–Crippen MR) is 78.4 cm³/mol. The van der Waals surface area contributed by atoms with Crippen molar-refractivity contribution in [3.8, 4) is 0 Å². The largest absolute Gasteiger partial charge is 0.360 e. The summed E-state index contributed by atoms with van der Waals surface area (Å²) < 4.78 is 13.1. The van der Waals surface area contributed by atoms with Gasteiger partial charge in [-0.1, -0.05) is 30.0 Å². The topological polar surface area (TPSA) is 15.8 Å². The molecule has 0 aliphatic rings. The second-order valence-corrected chi connectivity index (χ2v) is 5.54. The normalized spacial score (nSPS) is 11.1. The highest BCUT2D eigenvalue weighted by Gasteiger charge is 2.08. The van der Waals surface area contributed by atoms with Gasteiger partial charge < -0.3 is 4.98 Å². The van der Waals surface area contributed by atoms with E-state index in [1.54, 1.807) is 17.8 Å². The third-order valence-corrected chi connectivity index (χ3v) is 4.41. The predicted octanol–water partition coefficient (Wildman–Crippen LogP) is 5.20. The van der Waals surface area contributed by atoms with Gasteiger partial charge in [0, 0.05) is 32.8 Å². The summed E-state index contributed by atoms with van der Waals surface area (Å²) in [5.41, 5.74) is 1.91. The zero-order valence-electron chi connectivity index (χ0n) is 9.99. The minimum absolute atomic E-state index is 0.230. The third kappa shape index (κ3) is 2.48. The maximum Gasteiger partial charge on any atom is 0.125 e. The molecular weight excluding hydrogens is 281 g/mol. The first-order valence-electron chi connectivity index (χ1n) is 5.86. The molecule has 1 N–H and O–H groups in total. The quantitative estimate of drug-likeness (QED) is 0.656. The van der Waals surface area contributed by atoms with Crippen LogP contribution in [0.3, 0.4) is 0 Å². The van der Waals surface area contributed by atoms with Gasteiger partial charge in [-0.15, -0.1) is 11.6 Å². The molecule has 96 valence electrons. The molecule has 0 spiro atoms. The van der Waals surface area contributed by atoms with Crippen LogP contribution in [0.2, 0.25) is 0 Å². The molecule has 1 heterocycles. The highest BCUT2D eigenvalue weighted by Crippen LogP contribution is 2.35. The SMILES string of the molecule is Fc1ccc2c(Sc3ccccc3CCl)c[nH]c2c1. The molecule has 0 radical (unpaired) electrons. The van der Waals surface area contributed by atoms with Crippen molar-refractivity contribution in [1.82, 2.24) is 4.98 Å². The van der Waals surface area contributed by atoms with Crippen molar-refractivity contribution in [3.63, 3.8) is 0 Å². The van der Waals surface area contributed by atoms with E-state index in [4.69, 9.17) is 11.6 Å². The minimum Gasteiger partial charge on any atom is -0.360 e. The van der Waals surface area contributed by atoms with Crippen molar-refractivity contribution in [1.29, 1.82) is 0 Å². The minimum atomic E-state index is -0.230. The van der Waals surface area contributed by atoms with E-state index in [0.29, 0.717) is 5.88 Å². The van der Waals surface area contributed by atoms with E-state index in [-0.39, 0.29) is 5.82 Å². The number of rotatable bonds is 3. The Morgan fingerprint density at radius 3 is 2.79 bits per heavy atom. The molecule has 0 fully saturated rings. The van der Waals surface area contributed by atoms with E-state index >= 15 is 0 Å². The number of alkyl halides is 1. The van der Waals surface area contributed by atoms with Crippen LogP contribution < -0.4 is 0 Å². The highest BCUT2D eigenvalue weighted by atomic mass is 35.5. The van der Waals surface area contributed by atoms with E-state index < -0.39 is 0 Å². The summed E-state index contributed by atoms with van der Waals surface area (Å²) in [6, 6.07) is 12.8. The number of benzene rings is 2. The molecule has 0 saturated carbocycles. The molecule has 19 heavy (non-hydrogen) atoms. The van der Waals surface area contributed by atoms with Crippen molar-refractivity contribution in [2.24, 2.45) is 0 Å². The molecule has 0 atom stereocenters. The van der Waals surface area contributed by atoms with Crippen molar-refractivity contribution in [3.05, 3.63) is 60.0 Å². The Bertz CT molecular complexity index is 723. The van der Waals surface area contributed by atoms with E-state index in [1.807, 2.05) is 30.5 Å². The fourth-order valence-corrected chi connectivity index (χ4v) is 3.36. The zero-order chi connectivity index (χ0) is 13.2. The molecule has 4 heteroatoms. The summed E-state index contributed by atoms with van der Waals surface area (Å²) in [6.45, 7) is 0. The molecule has 0 aliphatic carbocycles. The van der Waals surface area contributed by atoms with E-state index in [0.717, 1.165) is 26.3 Å². The monoisotopic (exact) mass is 291 g/mol. The number of H-pyrrole nitrogens is 1. The second kappa shape index (κ2) is 5.27. The van der Waals surface area contributed by atoms with E-state index in [1.165, 1.54) is 12.1 Å². The summed E-state index contributed by atoms with van der Waals surface area (Å²) >= 11 is 7.58. The fourth-order valence-electron chi connectivity index (χ4n) is 1.99. The first-order valence-corrected chi connectivity index (χ1v) is 7.21. The van der Waals surface area contributed by atoms with Crippen LogP contribution in [0.4, 0.5) is 4.39 Å². The van der Waals surface area contributed by atoms with E-state index in [9.17, 15) is 4.39 Å². The molecule has 3 rings (SSSR count). The molecule has 3 aromatic rings. The van der Waals surface area contributed by atoms with Gasteiger partial charge in [0.15, 0.2) is 0 Å². The standard InChI is InChI=1S/C15H11ClFNS/c16-8-10-3-1-2-4-14(10)19-15-9-18-13-7-11(17)5-6-12(13)15/h1-7,9,18H,8H2. The smallest absolute Gasteiger partial charge is 0.125 e. The molecule has 0 bridgehead atoms. The van der Waals surface area contributed by atoms with Crippen LogP contribution in [-0.4, -0.2) is 4.98 Å². The van der Waals surface area contributed by atoms with Gasteiger partial charge in [-0.3, -0.25) is 0 Å². The van der Waals surface area contributed by atoms with Crippen molar-refractivity contribution in [2.75, 3.05) is 0 Å². The molecular formula is C15H11ClFNS. The third-order valence-electron chi connectivity index (χ3n) is 2.94. The molecule has 1 aromatic heterocycles. The van der Waals surface area contributed by atoms with Crippen molar-refractivity contribution < 1.29 is 4.39 Å². The number of aromatic nitrogens is 1. The zero-order valence-corrected chi connectivity index (χ0v) is 11.6. The van der Waals surface area contributed by atoms with Crippen LogP contribution in [0, 0.1) is 5.82 Å². The number of halogens is 2. The van der Waals surface area contributed by atoms with Gasteiger partial charge >= 0.3 is 0 Å². The summed E-state index contributed by atoms with van der Waals surface area (Å²) in [5, 5.41) is 1.02. The van der Waals surface area contributed by atoms with Gasteiger partial charge in [-0.05, 0) is 29.8 Å². The van der Waals surface area contributed by atoms with Crippen LogP contribution in [-0.2, 0) is 5.88 Å². The molecule has 1 nitrogen and oxygen atoms in total. The maximum absolute atomic E-state index is 13.1. The van der Waals surface area contributed by atoms with Crippen LogP contribution in [0.25, 0.3) is 10.9 Å². The molecule has 0 unspecified atom stereocenters. The van der Waals surface area contributed by atoms with Gasteiger partial charge in [-0.25, -0.2) is 4.39 Å². The summed E-state index contributed by atoms with van der Waals surface area (Å²) in [6.07, 6.45) is 1.90. The lowest BCUT2D eigenvalue weighted by Gasteiger charge is -2.05. The Labute approximate surface area is 119 Å². The average Bonchev–Trinajstić information content (AvgIpc) is 2.82. The Kier molecular flexibility index (Phi) is 3.49. The number of fused-ring (bicyclic) bond motifs is 1. The molecule has 0 aliphatic heterocycles. The van der Waals surface area contributed by atoms with Crippen LogP contribution >= 0.6 is 23.4 Å². The average molecular weight is 292 g/mol. The van der Waals surface area contributed by atoms with Crippen LogP contribution in [0.5, 0.6) is 0 Å². The number of hydrogen-bond donors (Lipinski definition) is 1. The fraction of sp³-hybridized carbons (Fsp3) is 0.0667. The van der Waals surface area contributed by atoms with Gasteiger partial charge in [0.05, 0.1) is 0 Å². The Hall–Kier alpha value is -1.45. The lowest BCUT2D eigenvalue weighted by Crippen LogP contribution is -1.82. The Morgan fingerprint density at radius 1 is 1.11 bits per heavy atom. The number of aromatic amines is 1. The lowest BCUT2D eigenvalue weighted by molar-refractivity contribution is 0.629. The van der Waals surface area contributed by atoms with Gasteiger partial charge in [0.2, 0.25) is 0 Å². The number of hydrogen-bond acceptors (Lipinski definition) is 1. The van der Waals surface area contributed by atoms with Crippen molar-refractivity contribution in [2.45, 2.75) is 15.7 Å². The summed E-state index contributed by atoms with van der Waals surface area (Å²) in [7, 11) is 0. The van der Waals surface area contributed by atoms with Gasteiger partial charge in [-0.2, -0.15) is 0 Å². The van der Waals surface area contributed by atoms with Gasteiger partial charge in [0.25, 0.3) is 0 Å². The highest BCUT2D eigenvalue weighted by molar-refractivity contribution is 7.99. The summed E-state index contributed by atoms with van der Waals surface area (Å²) in [5.74, 6) is 0.257. The van der Waals surface area contributed by atoms with Gasteiger partial charge in [0.1, 0.15) is 5.82 Å². The number of nitrogens with one attached hydrogen (secondary N) is 1. The van der Waals surface area contributed by atoms with E-state index in [2.05, 4.69) is 4.98 Å². The van der Waals surface area contributed by atoms with Crippen LogP contribution in [0.1, 0.15) is 5.56 Å². The molecule has 2 aromatic carbocycles. The Morgan fingerprint density at radius 2 is 1.95 bits per heavy atom.